The van der Waals surface area contributed by atoms with Gasteiger partial charge in [0.15, 0.2) is 0 Å². The van der Waals surface area contributed by atoms with E-state index < -0.39 is 0 Å². The molecule has 1 saturated carbocycles. The van der Waals surface area contributed by atoms with E-state index >= 15 is 0 Å². The van der Waals surface area contributed by atoms with Crippen LogP contribution in [0.4, 0.5) is 0 Å². The minimum absolute atomic E-state index is 0.242. The molecule has 0 radical (unpaired) electrons. The highest BCUT2D eigenvalue weighted by Gasteiger charge is 2.24. The minimum Gasteiger partial charge on any atom is -0.508 e. The van der Waals surface area contributed by atoms with Gasteiger partial charge in [-0.2, -0.15) is 0 Å². The van der Waals surface area contributed by atoms with Gasteiger partial charge in [0.1, 0.15) is 12.0 Å². The first-order chi connectivity index (χ1) is 6.72. The van der Waals surface area contributed by atoms with Gasteiger partial charge < -0.3 is 5.11 Å². The number of hydrogen-bond donors (Lipinski definition) is 1. The smallest absolute Gasteiger partial charge is 0.150 e. The van der Waals surface area contributed by atoms with Crippen molar-refractivity contribution >= 4 is 22.2 Å². The molecule has 1 N–H and O–H groups in total. The SMILES string of the molecule is O=Cc1cc(O)c(C2CCC2)c(Br)c1. The van der Waals surface area contributed by atoms with E-state index in [0.29, 0.717) is 11.5 Å². The van der Waals surface area contributed by atoms with Crippen molar-refractivity contribution in [1.29, 1.82) is 0 Å². The summed E-state index contributed by atoms with van der Waals surface area (Å²) in [6.45, 7) is 0. The van der Waals surface area contributed by atoms with Gasteiger partial charge in [-0.1, -0.05) is 22.4 Å². The molecule has 0 spiro atoms. The number of phenols is 1. The lowest BCUT2D eigenvalue weighted by Gasteiger charge is -2.27. The fourth-order valence-corrected chi connectivity index (χ4v) is 2.58. The van der Waals surface area contributed by atoms with Gasteiger partial charge in [0.05, 0.1) is 0 Å². The van der Waals surface area contributed by atoms with Crippen LogP contribution >= 0.6 is 15.9 Å². The lowest BCUT2D eigenvalue weighted by Crippen LogP contribution is -2.09. The highest BCUT2D eigenvalue weighted by atomic mass is 79.9. The summed E-state index contributed by atoms with van der Waals surface area (Å²) in [4.78, 5) is 10.5. The third-order valence-electron chi connectivity index (χ3n) is 2.78. The predicted octanol–water partition coefficient (Wildman–Crippen LogP) is 3.23. The van der Waals surface area contributed by atoms with Crippen molar-refractivity contribution in [2.24, 2.45) is 0 Å². The Morgan fingerprint density at radius 3 is 2.57 bits per heavy atom. The summed E-state index contributed by atoms with van der Waals surface area (Å²) < 4.78 is 0.851. The number of benzene rings is 1. The summed E-state index contributed by atoms with van der Waals surface area (Å²) in [6.07, 6.45) is 4.24. The fourth-order valence-electron chi connectivity index (χ4n) is 1.79. The van der Waals surface area contributed by atoms with E-state index in [1.165, 1.54) is 12.5 Å². The molecule has 1 fully saturated rings. The van der Waals surface area contributed by atoms with Crippen LogP contribution in [0.1, 0.15) is 41.1 Å². The van der Waals surface area contributed by atoms with E-state index in [1.54, 1.807) is 6.07 Å². The maximum atomic E-state index is 10.5. The summed E-state index contributed by atoms with van der Waals surface area (Å²) in [6, 6.07) is 3.30. The van der Waals surface area contributed by atoms with Crippen molar-refractivity contribution in [2.45, 2.75) is 25.2 Å². The van der Waals surface area contributed by atoms with Gasteiger partial charge in [-0.05, 0) is 30.9 Å². The zero-order chi connectivity index (χ0) is 10.1. The quantitative estimate of drug-likeness (QED) is 0.823. The second kappa shape index (κ2) is 3.73. The Kier molecular flexibility index (Phi) is 2.59. The van der Waals surface area contributed by atoms with E-state index in [4.69, 9.17) is 0 Å². The van der Waals surface area contributed by atoms with Gasteiger partial charge in [-0.25, -0.2) is 0 Å². The first-order valence-electron chi connectivity index (χ1n) is 4.70. The van der Waals surface area contributed by atoms with Crippen LogP contribution in [0.2, 0.25) is 0 Å². The summed E-state index contributed by atoms with van der Waals surface area (Å²) >= 11 is 3.40. The average molecular weight is 255 g/mol. The summed E-state index contributed by atoms with van der Waals surface area (Å²) in [5, 5.41) is 9.75. The summed E-state index contributed by atoms with van der Waals surface area (Å²) in [5.41, 5.74) is 1.47. The molecule has 1 aromatic carbocycles. The van der Waals surface area contributed by atoms with Crippen LogP contribution in [0.25, 0.3) is 0 Å². The summed E-state index contributed by atoms with van der Waals surface area (Å²) in [5.74, 6) is 0.705. The van der Waals surface area contributed by atoms with E-state index in [1.807, 2.05) is 0 Å². The molecule has 1 aliphatic rings. The van der Waals surface area contributed by atoms with Crippen LogP contribution in [0, 0.1) is 0 Å². The molecule has 0 heterocycles. The summed E-state index contributed by atoms with van der Waals surface area (Å²) in [7, 11) is 0. The molecular weight excluding hydrogens is 244 g/mol. The van der Waals surface area contributed by atoms with Crippen LogP contribution in [0.15, 0.2) is 16.6 Å². The number of aromatic hydroxyl groups is 1. The lowest BCUT2D eigenvalue weighted by atomic mass is 9.79. The molecule has 2 rings (SSSR count). The second-order valence-corrected chi connectivity index (χ2v) is 4.54. The zero-order valence-electron chi connectivity index (χ0n) is 7.66. The maximum Gasteiger partial charge on any atom is 0.150 e. The van der Waals surface area contributed by atoms with Crippen molar-refractivity contribution in [1.82, 2.24) is 0 Å². The number of hydrogen-bond acceptors (Lipinski definition) is 2. The lowest BCUT2D eigenvalue weighted by molar-refractivity contribution is 0.112. The van der Waals surface area contributed by atoms with Crippen LogP contribution in [-0.4, -0.2) is 11.4 Å². The first-order valence-corrected chi connectivity index (χ1v) is 5.49. The second-order valence-electron chi connectivity index (χ2n) is 3.68. The highest BCUT2D eigenvalue weighted by molar-refractivity contribution is 9.10. The zero-order valence-corrected chi connectivity index (χ0v) is 9.25. The number of carbonyl (C=O) groups excluding carboxylic acids is 1. The van der Waals surface area contributed by atoms with Gasteiger partial charge in [-0.3, -0.25) is 4.79 Å². The molecule has 0 amide bonds. The number of phenolic OH excluding ortho intramolecular Hbond substituents is 1. The van der Waals surface area contributed by atoms with Crippen LogP contribution in [0.5, 0.6) is 5.75 Å². The Morgan fingerprint density at radius 1 is 1.43 bits per heavy atom. The average Bonchev–Trinajstić information content (AvgIpc) is 2.07. The Morgan fingerprint density at radius 2 is 2.14 bits per heavy atom. The van der Waals surface area contributed by atoms with E-state index in [-0.39, 0.29) is 5.75 Å². The Bertz CT molecular complexity index is 347. The van der Waals surface area contributed by atoms with Gasteiger partial charge in [0.25, 0.3) is 0 Å². The normalized spacial score (nSPS) is 16.4. The van der Waals surface area contributed by atoms with Gasteiger partial charge in [0.2, 0.25) is 0 Å². The van der Waals surface area contributed by atoms with E-state index in [2.05, 4.69) is 15.9 Å². The molecule has 1 aliphatic carbocycles. The van der Waals surface area contributed by atoms with Crippen molar-refractivity contribution in [3.05, 3.63) is 27.7 Å². The Labute approximate surface area is 91.1 Å². The molecule has 3 heteroatoms. The van der Waals surface area contributed by atoms with Gasteiger partial charge >= 0.3 is 0 Å². The molecule has 0 aliphatic heterocycles. The molecule has 0 atom stereocenters. The number of halogens is 1. The molecular formula is C11H11BrO2. The molecule has 14 heavy (non-hydrogen) atoms. The largest absolute Gasteiger partial charge is 0.508 e. The van der Waals surface area contributed by atoms with Gasteiger partial charge in [0, 0.05) is 15.6 Å². The van der Waals surface area contributed by atoms with Crippen LogP contribution in [0.3, 0.4) is 0 Å². The number of aldehydes is 1. The molecule has 1 aromatic rings. The molecule has 0 bridgehead atoms. The van der Waals surface area contributed by atoms with Crippen molar-refractivity contribution in [3.63, 3.8) is 0 Å². The number of carbonyl (C=O) groups is 1. The molecule has 0 saturated heterocycles. The fraction of sp³-hybridized carbons (Fsp3) is 0.364. The Hall–Kier alpha value is -0.830. The minimum atomic E-state index is 0.242. The first kappa shape index (κ1) is 9.71. The highest BCUT2D eigenvalue weighted by Crippen LogP contribution is 2.44. The van der Waals surface area contributed by atoms with Crippen molar-refractivity contribution in [3.8, 4) is 5.75 Å². The predicted molar refractivity (Wildman–Crippen MR) is 57.8 cm³/mol. The Balaban J connectivity index is 2.43. The standard InChI is InChI=1S/C11H11BrO2/c12-9-4-7(6-13)5-10(14)11(9)8-2-1-3-8/h4-6,8,14H,1-3H2. The van der Waals surface area contributed by atoms with E-state index in [9.17, 15) is 9.90 Å². The van der Waals surface area contributed by atoms with Gasteiger partial charge in [-0.15, -0.1) is 0 Å². The molecule has 0 unspecified atom stereocenters. The topological polar surface area (TPSA) is 37.3 Å². The maximum absolute atomic E-state index is 10.5. The molecule has 74 valence electrons. The van der Waals surface area contributed by atoms with Crippen molar-refractivity contribution < 1.29 is 9.90 Å². The number of rotatable bonds is 2. The molecule has 2 nitrogen and oxygen atoms in total. The van der Waals surface area contributed by atoms with Crippen molar-refractivity contribution in [2.75, 3.05) is 0 Å². The van der Waals surface area contributed by atoms with E-state index in [0.717, 1.165) is 29.2 Å². The third-order valence-corrected chi connectivity index (χ3v) is 3.44. The third kappa shape index (κ3) is 1.57. The molecule has 0 aromatic heterocycles. The van der Waals surface area contributed by atoms with Crippen LogP contribution in [-0.2, 0) is 0 Å². The monoisotopic (exact) mass is 254 g/mol. The van der Waals surface area contributed by atoms with Crippen LogP contribution < -0.4 is 0 Å².